The number of hydrogen-bond donors (Lipinski definition) is 3. The minimum absolute atomic E-state index is 0.131. The summed E-state index contributed by atoms with van der Waals surface area (Å²) < 4.78 is -0.214. The van der Waals surface area contributed by atoms with Crippen molar-refractivity contribution in [2.45, 2.75) is 16.9 Å². The Labute approximate surface area is 215 Å². The fraction of sp³-hybridized carbons (Fsp3) is 0.176. The maximum atomic E-state index is 12.6. The largest absolute Gasteiger partial charge is 0.339 e. The summed E-state index contributed by atoms with van der Waals surface area (Å²) in [7, 11) is 0. The van der Waals surface area contributed by atoms with Crippen LogP contribution in [0.3, 0.4) is 0 Å². The van der Waals surface area contributed by atoms with Crippen LogP contribution in [0.15, 0.2) is 39.3 Å². The number of thiocarbonyl (C=S) groups is 1. The summed E-state index contributed by atoms with van der Waals surface area (Å²) in [6, 6.07) is 8.18. The van der Waals surface area contributed by atoms with Gasteiger partial charge in [0.25, 0.3) is 5.91 Å². The molecule has 0 saturated carbocycles. The Kier molecular flexibility index (Phi) is 9.19. The molecule has 156 valence electrons. The lowest BCUT2D eigenvalue weighted by atomic mass is 10.2. The van der Waals surface area contributed by atoms with E-state index in [1.807, 2.05) is 19.1 Å². The van der Waals surface area contributed by atoms with E-state index in [1.165, 1.54) is 18.2 Å². The van der Waals surface area contributed by atoms with Gasteiger partial charge in [-0.25, -0.2) is 0 Å². The van der Waals surface area contributed by atoms with Crippen LogP contribution in [-0.2, 0) is 0 Å². The predicted molar refractivity (Wildman–Crippen MR) is 134 cm³/mol. The molecule has 0 aliphatic rings. The summed E-state index contributed by atoms with van der Waals surface area (Å²) in [5.74, 6) is -0.570. The number of halogens is 7. The molecule has 0 spiro atoms. The van der Waals surface area contributed by atoms with Gasteiger partial charge in [0.15, 0.2) is 5.11 Å². The Morgan fingerprint density at radius 3 is 2.31 bits per heavy atom. The number of aryl methyl sites for hydroxylation is 1. The number of carbonyl (C=O) groups is 1. The van der Waals surface area contributed by atoms with E-state index in [4.69, 9.17) is 70.2 Å². The van der Waals surface area contributed by atoms with Gasteiger partial charge in [0.1, 0.15) is 6.17 Å². The molecule has 0 fully saturated rings. The van der Waals surface area contributed by atoms with Gasteiger partial charge in [-0.1, -0.05) is 73.9 Å². The van der Waals surface area contributed by atoms with Gasteiger partial charge in [0, 0.05) is 14.0 Å². The first-order chi connectivity index (χ1) is 13.4. The molecule has 0 saturated heterocycles. The summed E-state index contributed by atoms with van der Waals surface area (Å²) in [5, 5.41) is 9.03. The van der Waals surface area contributed by atoms with Gasteiger partial charge >= 0.3 is 0 Å². The first-order valence-corrected chi connectivity index (χ1v) is 11.6. The monoisotopic (exact) mass is 639 g/mol. The van der Waals surface area contributed by atoms with Gasteiger partial charge < -0.3 is 16.0 Å². The van der Waals surface area contributed by atoms with E-state index in [1.54, 1.807) is 0 Å². The Hall–Kier alpha value is 0.0100. The van der Waals surface area contributed by atoms with Gasteiger partial charge in [-0.05, 0) is 71.0 Å². The first kappa shape index (κ1) is 25.3. The molecule has 0 bridgehead atoms. The van der Waals surface area contributed by atoms with Crippen LogP contribution in [0.5, 0.6) is 0 Å². The highest BCUT2D eigenvalue weighted by Gasteiger charge is 2.35. The average molecular weight is 643 g/mol. The molecule has 2 aromatic carbocycles. The summed E-state index contributed by atoms with van der Waals surface area (Å²) in [6.07, 6.45) is -1.15. The molecule has 1 unspecified atom stereocenters. The Morgan fingerprint density at radius 2 is 1.72 bits per heavy atom. The SMILES string of the molecule is Cc1cc(NC(=S)NC(NC(=O)c2ccc(Cl)cc2Cl)C(Cl)(Cl)Cl)c(Br)cc1Br. The number of hydrogen-bond acceptors (Lipinski definition) is 2. The van der Waals surface area contributed by atoms with Gasteiger partial charge in [0.05, 0.1) is 16.3 Å². The zero-order valence-electron chi connectivity index (χ0n) is 14.4. The van der Waals surface area contributed by atoms with Crippen molar-refractivity contribution in [1.82, 2.24) is 10.6 Å². The van der Waals surface area contributed by atoms with Crippen molar-refractivity contribution in [2.24, 2.45) is 0 Å². The Morgan fingerprint density at radius 1 is 1.07 bits per heavy atom. The summed E-state index contributed by atoms with van der Waals surface area (Å²) in [5.41, 5.74) is 1.85. The van der Waals surface area contributed by atoms with E-state index < -0.39 is 15.9 Å². The van der Waals surface area contributed by atoms with Crippen molar-refractivity contribution in [3.63, 3.8) is 0 Å². The molecule has 3 N–H and O–H groups in total. The fourth-order valence-corrected chi connectivity index (χ4v) is 4.27. The molecule has 1 atom stereocenters. The summed E-state index contributed by atoms with van der Waals surface area (Å²) in [6.45, 7) is 1.93. The Bertz CT molecular complexity index is 955. The fourth-order valence-electron chi connectivity index (χ4n) is 2.12. The maximum absolute atomic E-state index is 12.6. The smallest absolute Gasteiger partial charge is 0.254 e. The number of anilines is 1. The van der Waals surface area contributed by atoms with Crippen molar-refractivity contribution in [2.75, 3.05) is 5.32 Å². The molecule has 12 heteroatoms. The second-order valence-electron chi connectivity index (χ2n) is 5.75. The van der Waals surface area contributed by atoms with Crippen molar-refractivity contribution in [1.29, 1.82) is 0 Å². The molecule has 0 radical (unpaired) electrons. The van der Waals surface area contributed by atoms with Crippen LogP contribution < -0.4 is 16.0 Å². The number of alkyl halides is 3. The van der Waals surface area contributed by atoms with Crippen LogP contribution in [0.25, 0.3) is 0 Å². The lowest BCUT2D eigenvalue weighted by molar-refractivity contribution is 0.0934. The lowest BCUT2D eigenvalue weighted by Crippen LogP contribution is -2.56. The topological polar surface area (TPSA) is 53.2 Å². The molecule has 2 aromatic rings. The molecule has 0 aromatic heterocycles. The van der Waals surface area contributed by atoms with E-state index in [9.17, 15) is 4.79 Å². The normalized spacial score (nSPS) is 12.3. The highest BCUT2D eigenvalue weighted by Crippen LogP contribution is 2.31. The summed E-state index contributed by atoms with van der Waals surface area (Å²) in [4.78, 5) is 12.6. The van der Waals surface area contributed by atoms with E-state index in [2.05, 4.69) is 47.8 Å². The van der Waals surface area contributed by atoms with Crippen molar-refractivity contribution in [3.8, 4) is 0 Å². The van der Waals surface area contributed by atoms with Gasteiger partial charge in [-0.15, -0.1) is 0 Å². The number of nitrogens with one attached hydrogen (secondary N) is 3. The van der Waals surface area contributed by atoms with Crippen molar-refractivity contribution in [3.05, 3.63) is 60.4 Å². The second-order valence-corrected chi connectivity index (χ2v) is 11.1. The lowest BCUT2D eigenvalue weighted by Gasteiger charge is -2.28. The molecule has 0 aliphatic carbocycles. The molecule has 4 nitrogen and oxygen atoms in total. The molecule has 1 amide bonds. The van der Waals surface area contributed by atoms with Crippen molar-refractivity contribution >= 4 is 119 Å². The molecule has 0 aliphatic heterocycles. The minimum Gasteiger partial charge on any atom is -0.339 e. The Balaban J connectivity index is 2.15. The standard InChI is InChI=1S/C17H12Br2Cl5N3OS/c1-7-4-13(11(19)6-10(7)18)25-16(29)27-15(17(22,23)24)26-14(28)9-3-2-8(20)5-12(9)21/h2-6,15H,1H3,(H,26,28)(H2,25,27,29). The first-order valence-electron chi connectivity index (χ1n) is 7.74. The zero-order valence-corrected chi connectivity index (χ0v) is 22.2. The van der Waals surface area contributed by atoms with Gasteiger partial charge in [0.2, 0.25) is 3.79 Å². The van der Waals surface area contributed by atoms with Crippen LogP contribution in [0.1, 0.15) is 15.9 Å². The van der Waals surface area contributed by atoms with Crippen LogP contribution in [0.4, 0.5) is 5.69 Å². The van der Waals surface area contributed by atoms with E-state index >= 15 is 0 Å². The van der Waals surface area contributed by atoms with Crippen LogP contribution in [0, 0.1) is 6.92 Å². The predicted octanol–water partition coefficient (Wildman–Crippen LogP) is 7.24. The highest BCUT2D eigenvalue weighted by molar-refractivity contribution is 9.11. The third-order valence-electron chi connectivity index (χ3n) is 3.55. The second kappa shape index (κ2) is 10.6. The quantitative estimate of drug-likeness (QED) is 0.187. The molecular formula is C17H12Br2Cl5N3OS. The highest BCUT2D eigenvalue weighted by atomic mass is 79.9. The average Bonchev–Trinajstić information content (AvgIpc) is 2.58. The van der Waals surface area contributed by atoms with Crippen LogP contribution in [0.2, 0.25) is 10.0 Å². The van der Waals surface area contributed by atoms with Gasteiger partial charge in [-0.2, -0.15) is 0 Å². The van der Waals surface area contributed by atoms with Crippen molar-refractivity contribution < 1.29 is 4.79 Å². The molecular weight excluding hydrogens is 631 g/mol. The number of carbonyl (C=O) groups excluding carboxylic acids is 1. The molecule has 29 heavy (non-hydrogen) atoms. The van der Waals surface area contributed by atoms with Gasteiger partial charge in [-0.3, -0.25) is 4.79 Å². The number of amides is 1. The maximum Gasteiger partial charge on any atom is 0.254 e. The van der Waals surface area contributed by atoms with E-state index in [0.717, 1.165) is 14.5 Å². The summed E-state index contributed by atoms with van der Waals surface area (Å²) >= 11 is 42.2. The zero-order chi connectivity index (χ0) is 21.9. The number of rotatable bonds is 4. The number of benzene rings is 2. The van der Waals surface area contributed by atoms with E-state index in [-0.39, 0.29) is 15.7 Å². The molecule has 2 rings (SSSR count). The van der Waals surface area contributed by atoms with Crippen LogP contribution >= 0.6 is 102 Å². The third-order valence-corrected chi connectivity index (χ3v) is 6.48. The molecule has 0 heterocycles. The van der Waals surface area contributed by atoms with Crippen LogP contribution in [-0.4, -0.2) is 21.0 Å². The minimum atomic E-state index is -1.91. The van der Waals surface area contributed by atoms with E-state index in [0.29, 0.717) is 10.7 Å². The third kappa shape index (κ3) is 7.28.